The molecule has 2 rings (SSSR count). The highest BCUT2D eigenvalue weighted by atomic mass is 16.1. The molecule has 1 aromatic heterocycles. The molecule has 0 atom stereocenters. The number of aromatic amines is 1. The van der Waals surface area contributed by atoms with Crippen molar-refractivity contribution >= 4 is 0 Å². The molecular formula is C8H10N2O. The van der Waals surface area contributed by atoms with Crippen molar-refractivity contribution in [3.05, 3.63) is 27.9 Å². The summed E-state index contributed by atoms with van der Waals surface area (Å²) in [6, 6.07) is 0. The van der Waals surface area contributed by atoms with Crippen LogP contribution in [0, 0.1) is 6.92 Å². The second-order valence-corrected chi connectivity index (χ2v) is 3.03. The van der Waals surface area contributed by atoms with E-state index in [0.717, 1.165) is 18.4 Å². The third-order valence-electron chi connectivity index (χ3n) is 1.97. The SMILES string of the molecule is Cc1ncc(C2CC2)c(=O)[nH]1. The summed E-state index contributed by atoms with van der Waals surface area (Å²) < 4.78 is 0. The zero-order valence-corrected chi connectivity index (χ0v) is 6.42. The lowest BCUT2D eigenvalue weighted by atomic mass is 10.2. The van der Waals surface area contributed by atoms with Crippen LogP contribution in [0.4, 0.5) is 0 Å². The Morgan fingerprint density at radius 3 is 2.91 bits per heavy atom. The Kier molecular flexibility index (Phi) is 1.31. The number of hydrogen-bond donors (Lipinski definition) is 1. The fourth-order valence-corrected chi connectivity index (χ4v) is 1.18. The monoisotopic (exact) mass is 150 g/mol. The molecule has 1 fully saturated rings. The first-order chi connectivity index (χ1) is 5.27. The van der Waals surface area contributed by atoms with Crippen LogP contribution < -0.4 is 5.56 Å². The van der Waals surface area contributed by atoms with E-state index >= 15 is 0 Å². The number of rotatable bonds is 1. The molecule has 0 aromatic carbocycles. The smallest absolute Gasteiger partial charge is 0.254 e. The minimum Gasteiger partial charge on any atom is -0.311 e. The quantitative estimate of drug-likeness (QED) is 0.648. The molecule has 1 aliphatic carbocycles. The molecular weight excluding hydrogens is 140 g/mol. The Bertz CT molecular complexity index is 325. The van der Waals surface area contributed by atoms with Crippen LogP contribution >= 0.6 is 0 Å². The van der Waals surface area contributed by atoms with Crippen LogP contribution in [0.25, 0.3) is 0 Å². The summed E-state index contributed by atoms with van der Waals surface area (Å²) in [6.07, 6.45) is 3.99. The predicted molar refractivity (Wildman–Crippen MR) is 41.6 cm³/mol. The van der Waals surface area contributed by atoms with Gasteiger partial charge in [-0.2, -0.15) is 0 Å². The topological polar surface area (TPSA) is 45.8 Å². The zero-order chi connectivity index (χ0) is 7.84. The predicted octanol–water partition coefficient (Wildman–Crippen LogP) is 0.956. The molecule has 0 amide bonds. The highest BCUT2D eigenvalue weighted by molar-refractivity contribution is 5.17. The highest BCUT2D eigenvalue weighted by Crippen LogP contribution is 2.37. The minimum absolute atomic E-state index is 0.0417. The van der Waals surface area contributed by atoms with Crippen molar-refractivity contribution in [3.8, 4) is 0 Å². The number of hydrogen-bond acceptors (Lipinski definition) is 2. The second kappa shape index (κ2) is 2.19. The minimum atomic E-state index is 0.0417. The van der Waals surface area contributed by atoms with E-state index in [1.165, 1.54) is 0 Å². The van der Waals surface area contributed by atoms with Crippen molar-refractivity contribution in [2.45, 2.75) is 25.7 Å². The average Bonchev–Trinajstić information content (AvgIpc) is 2.70. The maximum absolute atomic E-state index is 11.2. The van der Waals surface area contributed by atoms with Gasteiger partial charge in [0, 0.05) is 11.8 Å². The molecule has 58 valence electrons. The first kappa shape index (κ1) is 6.58. The number of nitrogens with one attached hydrogen (secondary N) is 1. The summed E-state index contributed by atoms with van der Waals surface area (Å²) in [5, 5.41) is 0. The van der Waals surface area contributed by atoms with Gasteiger partial charge >= 0.3 is 0 Å². The molecule has 1 N–H and O–H groups in total. The average molecular weight is 150 g/mol. The van der Waals surface area contributed by atoms with Gasteiger partial charge in [-0.05, 0) is 25.7 Å². The highest BCUT2D eigenvalue weighted by Gasteiger charge is 2.26. The van der Waals surface area contributed by atoms with E-state index < -0.39 is 0 Å². The van der Waals surface area contributed by atoms with E-state index in [-0.39, 0.29) is 5.56 Å². The van der Waals surface area contributed by atoms with Crippen LogP contribution in [0.5, 0.6) is 0 Å². The van der Waals surface area contributed by atoms with Gasteiger partial charge in [-0.1, -0.05) is 0 Å². The Labute approximate surface area is 64.5 Å². The van der Waals surface area contributed by atoms with Crippen LogP contribution in [0.15, 0.2) is 11.0 Å². The molecule has 1 heterocycles. The third-order valence-corrected chi connectivity index (χ3v) is 1.97. The van der Waals surface area contributed by atoms with Crippen LogP contribution in [0.1, 0.15) is 30.1 Å². The number of nitrogens with zero attached hydrogens (tertiary/aromatic N) is 1. The molecule has 0 aliphatic heterocycles. The molecule has 1 saturated carbocycles. The number of H-pyrrole nitrogens is 1. The Morgan fingerprint density at radius 2 is 2.36 bits per heavy atom. The lowest BCUT2D eigenvalue weighted by Crippen LogP contribution is -2.13. The van der Waals surface area contributed by atoms with Crippen molar-refractivity contribution in [2.24, 2.45) is 0 Å². The molecule has 3 nitrogen and oxygen atoms in total. The van der Waals surface area contributed by atoms with Crippen LogP contribution in [-0.4, -0.2) is 9.97 Å². The van der Waals surface area contributed by atoms with Gasteiger partial charge in [0.05, 0.1) is 0 Å². The van der Waals surface area contributed by atoms with Crippen LogP contribution in [0.2, 0.25) is 0 Å². The van der Waals surface area contributed by atoms with E-state index in [4.69, 9.17) is 0 Å². The summed E-state index contributed by atoms with van der Waals surface area (Å²) >= 11 is 0. The summed E-state index contributed by atoms with van der Waals surface area (Å²) in [5.41, 5.74) is 0.899. The molecule has 1 aromatic rings. The fraction of sp³-hybridized carbons (Fsp3) is 0.500. The molecule has 0 spiro atoms. The van der Waals surface area contributed by atoms with E-state index in [1.54, 1.807) is 13.1 Å². The molecule has 0 radical (unpaired) electrons. The Morgan fingerprint density at radius 1 is 1.64 bits per heavy atom. The lowest BCUT2D eigenvalue weighted by Gasteiger charge is -1.95. The zero-order valence-electron chi connectivity index (χ0n) is 6.42. The summed E-state index contributed by atoms with van der Waals surface area (Å²) in [4.78, 5) is 18.0. The van der Waals surface area contributed by atoms with Crippen molar-refractivity contribution < 1.29 is 0 Å². The largest absolute Gasteiger partial charge is 0.311 e. The van der Waals surface area contributed by atoms with Gasteiger partial charge in [-0.15, -0.1) is 0 Å². The number of aromatic nitrogens is 2. The third kappa shape index (κ3) is 1.18. The van der Waals surface area contributed by atoms with Gasteiger partial charge < -0.3 is 4.98 Å². The molecule has 1 aliphatic rings. The van der Waals surface area contributed by atoms with Crippen LogP contribution in [0.3, 0.4) is 0 Å². The lowest BCUT2D eigenvalue weighted by molar-refractivity contribution is 0.947. The maximum atomic E-state index is 11.2. The first-order valence-corrected chi connectivity index (χ1v) is 3.83. The standard InChI is InChI=1S/C8H10N2O/c1-5-9-4-7(6-2-3-6)8(11)10-5/h4,6H,2-3H2,1H3,(H,9,10,11). The van der Waals surface area contributed by atoms with Gasteiger partial charge in [0.25, 0.3) is 5.56 Å². The van der Waals surface area contributed by atoms with E-state index in [0.29, 0.717) is 11.7 Å². The van der Waals surface area contributed by atoms with Crippen molar-refractivity contribution in [3.63, 3.8) is 0 Å². The van der Waals surface area contributed by atoms with Gasteiger partial charge in [0.15, 0.2) is 0 Å². The molecule has 0 unspecified atom stereocenters. The van der Waals surface area contributed by atoms with Crippen molar-refractivity contribution in [1.82, 2.24) is 9.97 Å². The van der Waals surface area contributed by atoms with Crippen molar-refractivity contribution in [1.29, 1.82) is 0 Å². The van der Waals surface area contributed by atoms with Gasteiger partial charge in [0.2, 0.25) is 0 Å². The summed E-state index contributed by atoms with van der Waals surface area (Å²) in [5.74, 6) is 1.19. The molecule has 11 heavy (non-hydrogen) atoms. The summed E-state index contributed by atoms with van der Waals surface area (Å²) in [6.45, 7) is 1.79. The fourth-order valence-electron chi connectivity index (χ4n) is 1.18. The van der Waals surface area contributed by atoms with E-state index in [9.17, 15) is 4.79 Å². The van der Waals surface area contributed by atoms with Gasteiger partial charge in [-0.3, -0.25) is 4.79 Å². The molecule has 3 heteroatoms. The summed E-state index contributed by atoms with van der Waals surface area (Å²) in [7, 11) is 0. The molecule has 0 saturated heterocycles. The Hall–Kier alpha value is -1.12. The Balaban J connectivity index is 2.48. The molecule has 0 bridgehead atoms. The normalized spacial score (nSPS) is 16.8. The van der Waals surface area contributed by atoms with E-state index in [2.05, 4.69) is 9.97 Å². The van der Waals surface area contributed by atoms with Gasteiger partial charge in [-0.25, -0.2) is 4.98 Å². The number of aryl methyl sites for hydroxylation is 1. The van der Waals surface area contributed by atoms with Gasteiger partial charge in [0.1, 0.15) is 5.82 Å². The first-order valence-electron chi connectivity index (χ1n) is 3.83. The van der Waals surface area contributed by atoms with E-state index in [1.807, 2.05) is 0 Å². The van der Waals surface area contributed by atoms with Crippen LogP contribution in [-0.2, 0) is 0 Å². The maximum Gasteiger partial charge on any atom is 0.254 e. The second-order valence-electron chi connectivity index (χ2n) is 3.03. The van der Waals surface area contributed by atoms with Crippen molar-refractivity contribution in [2.75, 3.05) is 0 Å².